The zero-order chi connectivity index (χ0) is 14.7. The molecular formula is C18H26N2O. The summed E-state index contributed by atoms with van der Waals surface area (Å²) in [6, 6.07) is 8.24. The number of carbonyl (C=O) groups is 1. The number of rotatable bonds is 5. The molecule has 3 rings (SSSR count). The van der Waals surface area contributed by atoms with Crippen molar-refractivity contribution in [3.05, 3.63) is 29.8 Å². The number of para-hydroxylation sites is 1. The molecule has 2 N–H and O–H groups in total. The summed E-state index contributed by atoms with van der Waals surface area (Å²) >= 11 is 0. The van der Waals surface area contributed by atoms with Gasteiger partial charge in [-0.25, -0.2) is 0 Å². The van der Waals surface area contributed by atoms with Gasteiger partial charge in [-0.15, -0.1) is 0 Å². The molecule has 0 bridgehead atoms. The first kappa shape index (κ1) is 14.4. The van der Waals surface area contributed by atoms with Gasteiger partial charge >= 0.3 is 0 Å². The van der Waals surface area contributed by atoms with Gasteiger partial charge in [-0.05, 0) is 43.2 Å². The van der Waals surface area contributed by atoms with E-state index in [2.05, 4.69) is 4.90 Å². The second-order valence-electron chi connectivity index (χ2n) is 6.66. The van der Waals surface area contributed by atoms with E-state index >= 15 is 0 Å². The van der Waals surface area contributed by atoms with Crippen LogP contribution in [0.4, 0.5) is 5.69 Å². The monoisotopic (exact) mass is 286 g/mol. The highest BCUT2D eigenvalue weighted by Crippen LogP contribution is 2.32. The molecule has 1 aromatic rings. The lowest BCUT2D eigenvalue weighted by Crippen LogP contribution is -2.38. The zero-order valence-electron chi connectivity index (χ0n) is 12.8. The van der Waals surface area contributed by atoms with Crippen LogP contribution >= 0.6 is 0 Å². The molecule has 2 fully saturated rings. The van der Waals surface area contributed by atoms with E-state index in [1.54, 1.807) is 0 Å². The van der Waals surface area contributed by atoms with Crippen molar-refractivity contribution in [1.29, 1.82) is 0 Å². The number of hydrogen-bond donors (Lipinski definition) is 1. The molecule has 3 heteroatoms. The predicted octanol–water partition coefficient (Wildman–Crippen LogP) is 3.38. The van der Waals surface area contributed by atoms with Crippen molar-refractivity contribution < 1.29 is 4.79 Å². The van der Waals surface area contributed by atoms with Gasteiger partial charge in [-0.2, -0.15) is 0 Å². The molecule has 0 aromatic heterocycles. The zero-order valence-corrected chi connectivity index (χ0v) is 12.8. The Labute approximate surface area is 127 Å². The van der Waals surface area contributed by atoms with Gasteiger partial charge in [0.15, 0.2) is 0 Å². The fraction of sp³-hybridized carbons (Fsp3) is 0.611. The maximum absolute atomic E-state index is 12.7. The highest BCUT2D eigenvalue weighted by atomic mass is 16.2. The first-order chi connectivity index (χ1) is 10.2. The lowest BCUT2D eigenvalue weighted by molar-refractivity contribution is -0.131. The Balaban J connectivity index is 1.63. The second-order valence-corrected chi connectivity index (χ2v) is 6.66. The number of amides is 1. The lowest BCUT2D eigenvalue weighted by atomic mass is 9.89. The van der Waals surface area contributed by atoms with Crippen LogP contribution in [0.25, 0.3) is 0 Å². The summed E-state index contributed by atoms with van der Waals surface area (Å²) in [6.45, 7) is 0.968. The summed E-state index contributed by atoms with van der Waals surface area (Å²) < 4.78 is 0. The Kier molecular flexibility index (Phi) is 4.47. The molecule has 1 amide bonds. The molecule has 0 spiro atoms. The van der Waals surface area contributed by atoms with E-state index in [1.807, 2.05) is 24.3 Å². The summed E-state index contributed by atoms with van der Waals surface area (Å²) in [5.74, 6) is 0.984. The minimum absolute atomic E-state index is 0.265. The van der Waals surface area contributed by atoms with Gasteiger partial charge in [0, 0.05) is 18.3 Å². The third-order valence-corrected chi connectivity index (χ3v) is 4.88. The van der Waals surface area contributed by atoms with E-state index in [1.165, 1.54) is 44.9 Å². The number of nitrogens with two attached hydrogens (primary N) is 1. The van der Waals surface area contributed by atoms with Crippen molar-refractivity contribution in [2.75, 3.05) is 12.3 Å². The van der Waals surface area contributed by atoms with Gasteiger partial charge in [0.2, 0.25) is 5.91 Å². The van der Waals surface area contributed by atoms with Crippen LogP contribution in [0.5, 0.6) is 0 Å². The fourth-order valence-electron chi connectivity index (χ4n) is 3.45. The standard InChI is InChI=1S/C18H26N2O/c19-17-9-5-4-8-15(17)12-18(21)20(16-10-11-16)13-14-6-2-1-3-7-14/h4-5,8-9,14,16H,1-3,6-7,10-13,19H2. The molecule has 114 valence electrons. The van der Waals surface area contributed by atoms with E-state index in [-0.39, 0.29) is 5.91 Å². The van der Waals surface area contributed by atoms with Crippen LogP contribution in [0, 0.1) is 5.92 Å². The van der Waals surface area contributed by atoms with Gasteiger partial charge in [-0.3, -0.25) is 4.79 Å². The van der Waals surface area contributed by atoms with Crippen LogP contribution in [-0.4, -0.2) is 23.4 Å². The smallest absolute Gasteiger partial charge is 0.227 e. The molecule has 0 radical (unpaired) electrons. The van der Waals surface area contributed by atoms with Crippen LogP contribution in [0.2, 0.25) is 0 Å². The average Bonchev–Trinajstić information content (AvgIpc) is 3.33. The Hall–Kier alpha value is -1.51. The van der Waals surface area contributed by atoms with Crippen LogP contribution in [0.15, 0.2) is 24.3 Å². The lowest BCUT2D eigenvalue weighted by Gasteiger charge is -2.30. The third-order valence-electron chi connectivity index (χ3n) is 4.88. The van der Waals surface area contributed by atoms with E-state index < -0.39 is 0 Å². The maximum Gasteiger partial charge on any atom is 0.227 e. The van der Waals surface area contributed by atoms with E-state index in [0.717, 1.165) is 23.7 Å². The molecular weight excluding hydrogens is 260 g/mol. The summed E-state index contributed by atoms with van der Waals surface area (Å²) in [5, 5.41) is 0. The Morgan fingerprint density at radius 2 is 1.81 bits per heavy atom. The van der Waals surface area contributed by atoms with Crippen molar-refractivity contribution in [3.8, 4) is 0 Å². The normalized spacial score (nSPS) is 19.4. The molecule has 0 aliphatic heterocycles. The fourth-order valence-corrected chi connectivity index (χ4v) is 3.45. The maximum atomic E-state index is 12.7. The number of carbonyl (C=O) groups excluding carboxylic acids is 1. The van der Waals surface area contributed by atoms with Crippen molar-refractivity contribution >= 4 is 11.6 Å². The van der Waals surface area contributed by atoms with Gasteiger partial charge in [0.05, 0.1) is 6.42 Å². The number of hydrogen-bond acceptors (Lipinski definition) is 2. The molecule has 2 saturated carbocycles. The molecule has 1 aromatic carbocycles. The van der Waals surface area contributed by atoms with Gasteiger partial charge < -0.3 is 10.6 Å². The van der Waals surface area contributed by atoms with E-state index in [9.17, 15) is 4.79 Å². The van der Waals surface area contributed by atoms with Crippen molar-refractivity contribution in [2.24, 2.45) is 5.92 Å². The largest absolute Gasteiger partial charge is 0.398 e. The highest BCUT2D eigenvalue weighted by Gasteiger charge is 2.34. The molecule has 2 aliphatic rings. The summed E-state index contributed by atoms with van der Waals surface area (Å²) in [6.07, 6.45) is 9.45. The number of anilines is 1. The SMILES string of the molecule is Nc1ccccc1CC(=O)N(CC1CCCCC1)C1CC1. The predicted molar refractivity (Wildman–Crippen MR) is 85.9 cm³/mol. The number of benzene rings is 1. The third kappa shape index (κ3) is 3.78. The summed E-state index contributed by atoms with van der Waals surface area (Å²) in [5.41, 5.74) is 7.68. The molecule has 0 unspecified atom stereocenters. The first-order valence-corrected chi connectivity index (χ1v) is 8.37. The van der Waals surface area contributed by atoms with Crippen LogP contribution < -0.4 is 5.73 Å². The quantitative estimate of drug-likeness (QED) is 0.843. The second kappa shape index (κ2) is 6.50. The summed E-state index contributed by atoms with van der Waals surface area (Å²) in [4.78, 5) is 14.8. The molecule has 21 heavy (non-hydrogen) atoms. The number of nitrogen functional groups attached to an aromatic ring is 1. The first-order valence-electron chi connectivity index (χ1n) is 8.37. The molecule has 3 nitrogen and oxygen atoms in total. The Bertz CT molecular complexity index is 490. The van der Waals surface area contributed by atoms with Crippen molar-refractivity contribution in [3.63, 3.8) is 0 Å². The molecule has 0 heterocycles. The van der Waals surface area contributed by atoms with Crippen LogP contribution in [0.1, 0.15) is 50.5 Å². The van der Waals surface area contributed by atoms with Crippen LogP contribution in [0.3, 0.4) is 0 Å². The summed E-state index contributed by atoms with van der Waals surface area (Å²) in [7, 11) is 0. The topological polar surface area (TPSA) is 46.3 Å². The molecule has 0 atom stereocenters. The minimum atomic E-state index is 0.265. The van der Waals surface area contributed by atoms with E-state index in [0.29, 0.717) is 12.5 Å². The highest BCUT2D eigenvalue weighted by molar-refractivity contribution is 5.81. The van der Waals surface area contributed by atoms with Gasteiger partial charge in [0.25, 0.3) is 0 Å². The minimum Gasteiger partial charge on any atom is -0.398 e. The van der Waals surface area contributed by atoms with Gasteiger partial charge in [-0.1, -0.05) is 37.5 Å². The Morgan fingerprint density at radius 3 is 2.48 bits per heavy atom. The number of nitrogens with zero attached hydrogens (tertiary/aromatic N) is 1. The molecule has 2 aliphatic carbocycles. The molecule has 0 saturated heterocycles. The van der Waals surface area contributed by atoms with Crippen molar-refractivity contribution in [1.82, 2.24) is 4.90 Å². The average molecular weight is 286 g/mol. The van der Waals surface area contributed by atoms with Crippen LogP contribution in [-0.2, 0) is 11.2 Å². The van der Waals surface area contributed by atoms with Gasteiger partial charge in [0.1, 0.15) is 0 Å². The van der Waals surface area contributed by atoms with Crippen molar-refractivity contribution in [2.45, 2.75) is 57.4 Å². The Morgan fingerprint density at radius 1 is 1.10 bits per heavy atom. The van der Waals surface area contributed by atoms with E-state index in [4.69, 9.17) is 5.73 Å².